The highest BCUT2D eigenvalue weighted by Crippen LogP contribution is 2.47. The topological polar surface area (TPSA) is 66.4 Å². The van der Waals surface area contributed by atoms with Gasteiger partial charge in [-0.2, -0.15) is 0 Å². The van der Waals surface area contributed by atoms with E-state index in [9.17, 15) is 9.59 Å². The van der Waals surface area contributed by atoms with Gasteiger partial charge in [0.15, 0.2) is 0 Å². The predicted molar refractivity (Wildman–Crippen MR) is 50.0 cm³/mol. The van der Waals surface area contributed by atoms with Crippen molar-refractivity contribution in [3.05, 3.63) is 0 Å². The van der Waals surface area contributed by atoms with Gasteiger partial charge in [-0.25, -0.2) is 4.79 Å². The van der Waals surface area contributed by atoms with E-state index in [0.29, 0.717) is 30.5 Å². The van der Waals surface area contributed by atoms with Gasteiger partial charge in [-0.3, -0.25) is 4.79 Å². The van der Waals surface area contributed by atoms with Crippen LogP contribution in [0.2, 0.25) is 0 Å². The van der Waals surface area contributed by atoms with E-state index in [1.807, 2.05) is 6.92 Å². The van der Waals surface area contributed by atoms with Gasteiger partial charge in [0.25, 0.3) is 0 Å². The minimum atomic E-state index is -0.959. The lowest BCUT2D eigenvalue weighted by atomic mass is 9.96. The predicted octanol–water partition coefficient (Wildman–Crippen LogP) is 1.40. The molecule has 4 nitrogen and oxygen atoms in total. The molecule has 0 heterocycles. The Morgan fingerprint density at radius 2 is 1.93 bits per heavy atom. The number of hydrogen-bond acceptors (Lipinski definition) is 2. The smallest absolute Gasteiger partial charge is 0.405 e. The zero-order chi connectivity index (χ0) is 10.3. The van der Waals surface area contributed by atoms with E-state index in [1.165, 1.54) is 0 Å². The summed E-state index contributed by atoms with van der Waals surface area (Å²) in [6.07, 6.45) is 1.98. The first-order valence-electron chi connectivity index (χ1n) is 5.01. The maximum atomic E-state index is 11.2. The summed E-state index contributed by atoms with van der Waals surface area (Å²) in [6, 6.07) is 0. The van der Waals surface area contributed by atoms with Crippen molar-refractivity contribution in [2.24, 2.45) is 11.8 Å². The molecular formula is C10H15NO3. The van der Waals surface area contributed by atoms with Gasteiger partial charge in [0.1, 0.15) is 5.78 Å². The van der Waals surface area contributed by atoms with Crippen LogP contribution in [0.3, 0.4) is 0 Å². The molecule has 0 spiro atoms. The van der Waals surface area contributed by atoms with Gasteiger partial charge < -0.3 is 10.4 Å². The summed E-state index contributed by atoms with van der Waals surface area (Å²) in [5.74, 6) is 1.18. The number of carbonyl (C=O) groups is 2. The van der Waals surface area contributed by atoms with Crippen LogP contribution in [-0.4, -0.2) is 22.5 Å². The van der Waals surface area contributed by atoms with Crippen molar-refractivity contribution in [3.63, 3.8) is 0 Å². The van der Waals surface area contributed by atoms with Crippen LogP contribution in [0.25, 0.3) is 0 Å². The maximum Gasteiger partial charge on any atom is 0.405 e. The summed E-state index contributed by atoms with van der Waals surface area (Å²) in [5, 5.41) is 11.2. The summed E-state index contributed by atoms with van der Waals surface area (Å²) in [7, 11) is 0. The van der Waals surface area contributed by atoms with E-state index in [-0.39, 0.29) is 5.54 Å². The summed E-state index contributed by atoms with van der Waals surface area (Å²) < 4.78 is 0. The highest BCUT2D eigenvalue weighted by molar-refractivity contribution is 5.81. The molecule has 2 aliphatic carbocycles. The van der Waals surface area contributed by atoms with Gasteiger partial charge in [0.2, 0.25) is 0 Å². The number of fused-ring (bicyclic) bond motifs is 1. The molecule has 2 saturated carbocycles. The molecule has 2 fully saturated rings. The Hall–Kier alpha value is -1.06. The molecule has 0 aromatic rings. The zero-order valence-electron chi connectivity index (χ0n) is 8.25. The number of Topliss-reactive ketones (excluding diaryl/α,β-unsaturated/α-hetero) is 1. The lowest BCUT2D eigenvalue weighted by molar-refractivity contribution is -0.117. The number of rotatable bonds is 1. The molecule has 0 radical (unpaired) electrons. The molecule has 0 aromatic carbocycles. The molecule has 4 heteroatoms. The van der Waals surface area contributed by atoms with Crippen LogP contribution in [0.15, 0.2) is 0 Å². The van der Waals surface area contributed by atoms with Gasteiger partial charge in [-0.05, 0) is 31.6 Å². The molecule has 2 rings (SSSR count). The van der Waals surface area contributed by atoms with E-state index in [2.05, 4.69) is 5.32 Å². The Morgan fingerprint density at radius 3 is 2.36 bits per heavy atom. The van der Waals surface area contributed by atoms with Crippen molar-refractivity contribution >= 4 is 11.9 Å². The van der Waals surface area contributed by atoms with Crippen molar-refractivity contribution < 1.29 is 14.7 Å². The fraction of sp³-hybridized carbons (Fsp3) is 0.800. The Kier molecular flexibility index (Phi) is 2.01. The molecule has 78 valence electrons. The normalized spacial score (nSPS) is 41.1. The molecule has 2 aliphatic rings. The van der Waals surface area contributed by atoms with E-state index in [1.54, 1.807) is 0 Å². The van der Waals surface area contributed by atoms with Crippen LogP contribution in [0.4, 0.5) is 4.79 Å². The van der Waals surface area contributed by atoms with Crippen LogP contribution < -0.4 is 5.32 Å². The quantitative estimate of drug-likeness (QED) is 0.667. The van der Waals surface area contributed by atoms with Crippen molar-refractivity contribution in [1.29, 1.82) is 0 Å². The third-order valence-corrected chi connectivity index (χ3v) is 3.48. The number of nitrogens with one attached hydrogen (secondary N) is 1. The number of hydrogen-bond donors (Lipinski definition) is 2. The summed E-state index contributed by atoms with van der Waals surface area (Å²) in [6.45, 7) is 1.93. The van der Waals surface area contributed by atoms with Gasteiger partial charge in [-0.15, -0.1) is 0 Å². The summed E-state index contributed by atoms with van der Waals surface area (Å²) in [4.78, 5) is 21.7. The largest absolute Gasteiger partial charge is 0.465 e. The monoisotopic (exact) mass is 197 g/mol. The van der Waals surface area contributed by atoms with Gasteiger partial charge in [0.05, 0.1) is 0 Å². The van der Waals surface area contributed by atoms with E-state index in [0.717, 1.165) is 12.8 Å². The fourth-order valence-corrected chi connectivity index (χ4v) is 3.08. The Balaban J connectivity index is 2.02. The first-order valence-corrected chi connectivity index (χ1v) is 5.01. The molecule has 14 heavy (non-hydrogen) atoms. The SMILES string of the molecule is CC1(NC(=O)O)C[C@H]2CC(=O)C[C@H]2C1. The molecule has 3 atom stereocenters. The third kappa shape index (κ3) is 1.61. The summed E-state index contributed by atoms with van der Waals surface area (Å²) in [5.41, 5.74) is -0.304. The van der Waals surface area contributed by atoms with Crippen LogP contribution in [0, 0.1) is 11.8 Å². The minimum Gasteiger partial charge on any atom is -0.465 e. The second-order valence-electron chi connectivity index (χ2n) is 4.87. The number of carbonyl (C=O) groups excluding carboxylic acids is 1. The third-order valence-electron chi connectivity index (χ3n) is 3.48. The zero-order valence-corrected chi connectivity index (χ0v) is 8.25. The van der Waals surface area contributed by atoms with E-state index >= 15 is 0 Å². The first-order chi connectivity index (χ1) is 6.48. The molecule has 1 unspecified atom stereocenters. The van der Waals surface area contributed by atoms with Crippen molar-refractivity contribution in [2.45, 2.75) is 38.1 Å². The minimum absolute atomic E-state index is 0.304. The Bertz CT molecular complexity index is 271. The first kappa shape index (κ1) is 9.49. The van der Waals surface area contributed by atoms with Gasteiger partial charge >= 0.3 is 6.09 Å². The second-order valence-corrected chi connectivity index (χ2v) is 4.87. The molecule has 2 N–H and O–H groups in total. The average Bonchev–Trinajstić information content (AvgIpc) is 2.38. The summed E-state index contributed by atoms with van der Waals surface area (Å²) >= 11 is 0. The van der Waals surface area contributed by atoms with Gasteiger partial charge in [0, 0.05) is 18.4 Å². The molecule has 0 saturated heterocycles. The second kappa shape index (κ2) is 2.97. The van der Waals surface area contributed by atoms with Crippen LogP contribution in [-0.2, 0) is 4.79 Å². The fourth-order valence-electron chi connectivity index (χ4n) is 3.08. The van der Waals surface area contributed by atoms with Crippen LogP contribution in [0.5, 0.6) is 0 Å². The Labute approximate surface area is 82.7 Å². The van der Waals surface area contributed by atoms with Gasteiger partial charge in [-0.1, -0.05) is 0 Å². The molecule has 0 bridgehead atoms. The number of carboxylic acid groups (broad SMARTS) is 1. The highest BCUT2D eigenvalue weighted by atomic mass is 16.4. The maximum absolute atomic E-state index is 11.2. The molecule has 1 amide bonds. The standard InChI is InChI=1S/C10H15NO3/c1-10(11-9(13)14)4-6-2-8(12)3-7(6)5-10/h6-7,11H,2-5H2,1H3,(H,13,14)/t6-,7+,10?. The number of amides is 1. The lowest BCUT2D eigenvalue weighted by Gasteiger charge is -2.24. The van der Waals surface area contributed by atoms with Crippen LogP contribution in [0.1, 0.15) is 32.6 Å². The highest BCUT2D eigenvalue weighted by Gasteiger charge is 2.47. The molecular weight excluding hydrogens is 182 g/mol. The van der Waals surface area contributed by atoms with E-state index in [4.69, 9.17) is 5.11 Å². The van der Waals surface area contributed by atoms with Crippen molar-refractivity contribution in [3.8, 4) is 0 Å². The van der Waals surface area contributed by atoms with Crippen LogP contribution >= 0.6 is 0 Å². The van der Waals surface area contributed by atoms with E-state index < -0.39 is 6.09 Å². The van der Waals surface area contributed by atoms with Crippen molar-refractivity contribution in [1.82, 2.24) is 5.32 Å². The lowest BCUT2D eigenvalue weighted by Crippen LogP contribution is -2.43. The Morgan fingerprint density at radius 1 is 1.43 bits per heavy atom. The molecule has 0 aliphatic heterocycles. The number of ketones is 1. The molecule has 0 aromatic heterocycles. The van der Waals surface area contributed by atoms with Crippen molar-refractivity contribution in [2.75, 3.05) is 0 Å². The average molecular weight is 197 g/mol.